The molecule has 0 saturated heterocycles. The van der Waals surface area contributed by atoms with Gasteiger partial charge in [0.05, 0.1) is 6.54 Å². The van der Waals surface area contributed by atoms with Gasteiger partial charge >= 0.3 is 0 Å². The molecule has 108 valence electrons. The predicted molar refractivity (Wildman–Crippen MR) is 88.4 cm³/mol. The van der Waals surface area contributed by atoms with Gasteiger partial charge in [-0.25, -0.2) is 0 Å². The van der Waals surface area contributed by atoms with Gasteiger partial charge in [-0.2, -0.15) is 0 Å². The van der Waals surface area contributed by atoms with Crippen molar-refractivity contribution in [1.29, 1.82) is 0 Å². The molecule has 3 rings (SSSR count). The van der Waals surface area contributed by atoms with Crippen LogP contribution in [0.3, 0.4) is 0 Å². The minimum atomic E-state index is -0.144. The van der Waals surface area contributed by atoms with Crippen LogP contribution in [-0.2, 0) is 6.54 Å². The maximum absolute atomic E-state index is 12.4. The zero-order chi connectivity index (χ0) is 15.0. The van der Waals surface area contributed by atoms with E-state index in [0.717, 1.165) is 14.7 Å². The number of rotatable bonds is 3. The third-order valence-corrected chi connectivity index (χ3v) is 4.79. The van der Waals surface area contributed by atoms with E-state index in [0.29, 0.717) is 23.6 Å². The number of hydrogen-bond acceptors (Lipinski definition) is 4. The third-order valence-electron chi connectivity index (χ3n) is 3.11. The molecule has 0 atom stereocenters. The largest absolute Gasteiger partial charge is 0.451 e. The van der Waals surface area contributed by atoms with Crippen LogP contribution in [0.4, 0.5) is 5.69 Å². The Hall–Kier alpha value is -1.79. The van der Waals surface area contributed by atoms with Crippen molar-refractivity contribution in [3.8, 4) is 0 Å². The van der Waals surface area contributed by atoms with Crippen LogP contribution < -0.4 is 5.73 Å². The average molecular weight is 365 g/mol. The number of halogens is 1. The molecule has 21 heavy (non-hydrogen) atoms. The van der Waals surface area contributed by atoms with Crippen LogP contribution in [0.2, 0.25) is 0 Å². The number of carbonyl (C=O) groups excluding carboxylic acids is 1. The van der Waals surface area contributed by atoms with E-state index in [1.807, 2.05) is 11.4 Å². The van der Waals surface area contributed by atoms with Crippen LogP contribution >= 0.6 is 27.3 Å². The summed E-state index contributed by atoms with van der Waals surface area (Å²) in [5.41, 5.74) is 7.05. The van der Waals surface area contributed by atoms with Gasteiger partial charge in [0, 0.05) is 32.9 Å². The van der Waals surface area contributed by atoms with E-state index < -0.39 is 0 Å². The fourth-order valence-corrected chi connectivity index (χ4v) is 3.60. The van der Waals surface area contributed by atoms with Gasteiger partial charge in [-0.1, -0.05) is 0 Å². The third kappa shape index (κ3) is 2.96. The molecule has 0 aliphatic rings. The molecule has 2 heterocycles. The lowest BCUT2D eigenvalue weighted by Crippen LogP contribution is -2.25. The maximum atomic E-state index is 12.4. The van der Waals surface area contributed by atoms with Crippen LogP contribution in [0.15, 0.2) is 44.6 Å². The molecule has 0 aliphatic carbocycles. The lowest BCUT2D eigenvalue weighted by atomic mass is 10.2. The molecule has 0 fully saturated rings. The Balaban J connectivity index is 1.82. The van der Waals surface area contributed by atoms with Gasteiger partial charge in [0.25, 0.3) is 5.91 Å². The minimum Gasteiger partial charge on any atom is -0.451 e. The fourth-order valence-electron chi connectivity index (χ4n) is 2.10. The molecule has 0 aliphatic heterocycles. The normalized spacial score (nSPS) is 11.0. The Morgan fingerprint density at radius 3 is 2.90 bits per heavy atom. The Kier molecular flexibility index (Phi) is 3.73. The number of hydrogen-bond donors (Lipinski definition) is 1. The molecule has 1 aromatic carbocycles. The lowest BCUT2D eigenvalue weighted by molar-refractivity contribution is 0.0757. The number of furan rings is 1. The van der Waals surface area contributed by atoms with Gasteiger partial charge in [-0.15, -0.1) is 11.3 Å². The van der Waals surface area contributed by atoms with Crippen molar-refractivity contribution in [2.75, 3.05) is 12.8 Å². The number of nitrogens with two attached hydrogens (primary N) is 1. The van der Waals surface area contributed by atoms with E-state index in [1.54, 1.807) is 47.5 Å². The summed E-state index contributed by atoms with van der Waals surface area (Å²) in [6, 6.07) is 9.07. The zero-order valence-electron chi connectivity index (χ0n) is 11.3. The van der Waals surface area contributed by atoms with E-state index in [2.05, 4.69) is 15.9 Å². The molecule has 2 aromatic heterocycles. The highest BCUT2D eigenvalue weighted by atomic mass is 79.9. The number of nitrogens with zero attached hydrogens (tertiary/aromatic N) is 1. The van der Waals surface area contributed by atoms with Gasteiger partial charge in [0.1, 0.15) is 5.58 Å². The van der Waals surface area contributed by atoms with Crippen molar-refractivity contribution in [3.63, 3.8) is 0 Å². The number of anilines is 1. The molecule has 0 spiro atoms. The molecular weight excluding hydrogens is 352 g/mol. The van der Waals surface area contributed by atoms with Crippen molar-refractivity contribution in [2.45, 2.75) is 6.54 Å². The van der Waals surface area contributed by atoms with Crippen molar-refractivity contribution >= 4 is 49.8 Å². The van der Waals surface area contributed by atoms with E-state index in [9.17, 15) is 4.79 Å². The molecular formula is C15H13BrN2O2S. The van der Waals surface area contributed by atoms with E-state index in [1.165, 1.54) is 0 Å². The summed E-state index contributed by atoms with van der Waals surface area (Å²) in [7, 11) is 1.76. The van der Waals surface area contributed by atoms with Gasteiger partial charge in [0.2, 0.25) is 0 Å². The zero-order valence-corrected chi connectivity index (χ0v) is 13.7. The summed E-state index contributed by atoms with van der Waals surface area (Å²) >= 11 is 5.02. The number of nitrogen functional groups attached to an aromatic ring is 1. The number of fused-ring (bicyclic) bond motifs is 1. The molecule has 0 unspecified atom stereocenters. The topological polar surface area (TPSA) is 59.5 Å². The highest BCUT2D eigenvalue weighted by molar-refractivity contribution is 9.10. The Morgan fingerprint density at radius 1 is 1.38 bits per heavy atom. The first-order chi connectivity index (χ1) is 10.0. The first-order valence-corrected chi connectivity index (χ1v) is 7.97. The summed E-state index contributed by atoms with van der Waals surface area (Å²) in [5.74, 6) is 0.183. The molecule has 0 saturated carbocycles. The second-order valence-electron chi connectivity index (χ2n) is 4.80. The molecule has 4 nitrogen and oxygen atoms in total. The average Bonchev–Trinajstić information content (AvgIpc) is 3.03. The summed E-state index contributed by atoms with van der Waals surface area (Å²) in [4.78, 5) is 15.2. The summed E-state index contributed by atoms with van der Waals surface area (Å²) in [6.07, 6.45) is 0. The van der Waals surface area contributed by atoms with Gasteiger partial charge in [0.15, 0.2) is 5.76 Å². The van der Waals surface area contributed by atoms with Crippen LogP contribution in [0.5, 0.6) is 0 Å². The summed E-state index contributed by atoms with van der Waals surface area (Å²) in [6.45, 7) is 0.550. The van der Waals surface area contributed by atoms with Crippen LogP contribution in [0.25, 0.3) is 11.0 Å². The highest BCUT2D eigenvalue weighted by Crippen LogP contribution is 2.24. The quantitative estimate of drug-likeness (QED) is 0.711. The fraction of sp³-hybridized carbons (Fsp3) is 0.133. The smallest absolute Gasteiger partial charge is 0.289 e. The second-order valence-corrected chi connectivity index (χ2v) is 6.71. The highest BCUT2D eigenvalue weighted by Gasteiger charge is 2.17. The number of carbonyl (C=O) groups is 1. The molecule has 6 heteroatoms. The second kappa shape index (κ2) is 5.54. The first kappa shape index (κ1) is 14.2. The number of benzene rings is 1. The van der Waals surface area contributed by atoms with Crippen LogP contribution in [-0.4, -0.2) is 17.9 Å². The van der Waals surface area contributed by atoms with Crippen molar-refractivity contribution < 1.29 is 9.21 Å². The molecule has 3 aromatic rings. The number of amides is 1. The SMILES string of the molecule is CN(Cc1cc(Br)cs1)C(=O)c1cc2cc(N)ccc2o1. The van der Waals surface area contributed by atoms with Crippen molar-refractivity contribution in [1.82, 2.24) is 4.90 Å². The molecule has 2 N–H and O–H groups in total. The van der Waals surface area contributed by atoms with E-state index >= 15 is 0 Å². The summed E-state index contributed by atoms with van der Waals surface area (Å²) in [5, 5.41) is 2.84. The first-order valence-electron chi connectivity index (χ1n) is 6.30. The lowest BCUT2D eigenvalue weighted by Gasteiger charge is -2.14. The monoisotopic (exact) mass is 364 g/mol. The maximum Gasteiger partial charge on any atom is 0.289 e. The van der Waals surface area contributed by atoms with Crippen LogP contribution in [0, 0.1) is 0 Å². The van der Waals surface area contributed by atoms with Crippen LogP contribution in [0.1, 0.15) is 15.4 Å². The van der Waals surface area contributed by atoms with E-state index in [-0.39, 0.29) is 5.91 Å². The van der Waals surface area contributed by atoms with Gasteiger partial charge in [-0.05, 0) is 46.3 Å². The van der Waals surface area contributed by atoms with Crippen molar-refractivity contribution in [3.05, 3.63) is 50.8 Å². The van der Waals surface area contributed by atoms with Gasteiger partial charge < -0.3 is 15.1 Å². The Labute approximate surface area is 134 Å². The summed E-state index contributed by atoms with van der Waals surface area (Å²) < 4.78 is 6.63. The molecule has 0 radical (unpaired) electrons. The minimum absolute atomic E-state index is 0.144. The predicted octanol–water partition coefficient (Wildman–Crippen LogP) is 4.11. The molecule has 0 bridgehead atoms. The van der Waals surface area contributed by atoms with E-state index in [4.69, 9.17) is 10.2 Å². The van der Waals surface area contributed by atoms with Crippen molar-refractivity contribution in [2.24, 2.45) is 0 Å². The van der Waals surface area contributed by atoms with Gasteiger partial charge in [-0.3, -0.25) is 4.79 Å². The number of thiophene rings is 1. The molecule has 1 amide bonds. The Morgan fingerprint density at radius 2 is 2.19 bits per heavy atom. The standard InChI is InChI=1S/C15H13BrN2O2S/c1-18(7-12-6-10(16)8-21-12)15(19)14-5-9-4-11(17)2-3-13(9)20-14/h2-6,8H,7,17H2,1H3. The Bertz CT molecular complexity index is 809.